The summed E-state index contributed by atoms with van der Waals surface area (Å²) in [5.41, 5.74) is 12.2. The Hall–Kier alpha value is -3.10. The van der Waals surface area contributed by atoms with Crippen molar-refractivity contribution in [1.29, 1.82) is 0 Å². The SMILES string of the molecule is Nc1ccc(OC(=O)COCCOCC(=O)Oc2ccc(N)cc2)cc1. The van der Waals surface area contributed by atoms with Gasteiger partial charge in [-0.05, 0) is 48.5 Å². The van der Waals surface area contributed by atoms with Crippen LogP contribution in [0.2, 0.25) is 0 Å². The molecule has 0 amide bonds. The van der Waals surface area contributed by atoms with Crippen LogP contribution in [0.5, 0.6) is 11.5 Å². The van der Waals surface area contributed by atoms with Crippen LogP contribution in [-0.2, 0) is 19.1 Å². The summed E-state index contributed by atoms with van der Waals surface area (Å²) in [5, 5.41) is 0. The molecule has 2 aromatic carbocycles. The molecule has 138 valence electrons. The molecule has 0 unspecified atom stereocenters. The van der Waals surface area contributed by atoms with Gasteiger partial charge in [-0.2, -0.15) is 0 Å². The Labute approximate surface area is 150 Å². The fourth-order valence-electron chi connectivity index (χ4n) is 1.82. The number of hydrogen-bond donors (Lipinski definition) is 2. The molecule has 0 fully saturated rings. The van der Waals surface area contributed by atoms with E-state index in [1.54, 1.807) is 48.5 Å². The maximum absolute atomic E-state index is 11.6. The van der Waals surface area contributed by atoms with Gasteiger partial charge in [0.1, 0.15) is 24.7 Å². The zero-order valence-electron chi connectivity index (χ0n) is 14.1. The third-order valence-electron chi connectivity index (χ3n) is 3.04. The summed E-state index contributed by atoms with van der Waals surface area (Å²) >= 11 is 0. The van der Waals surface area contributed by atoms with Gasteiger partial charge in [-0.1, -0.05) is 0 Å². The predicted molar refractivity (Wildman–Crippen MR) is 94.6 cm³/mol. The summed E-state index contributed by atoms with van der Waals surface area (Å²) in [6.07, 6.45) is 0. The summed E-state index contributed by atoms with van der Waals surface area (Å²) in [5.74, 6) is -0.320. The van der Waals surface area contributed by atoms with Crippen LogP contribution < -0.4 is 20.9 Å². The van der Waals surface area contributed by atoms with E-state index in [1.807, 2.05) is 0 Å². The summed E-state index contributed by atoms with van der Waals surface area (Å²) in [6.45, 7) is -0.203. The first kappa shape index (κ1) is 19.2. The highest BCUT2D eigenvalue weighted by Crippen LogP contribution is 2.14. The van der Waals surface area contributed by atoms with E-state index in [1.165, 1.54) is 0 Å². The quantitative estimate of drug-likeness (QED) is 0.298. The normalized spacial score (nSPS) is 10.3. The Kier molecular flexibility index (Phi) is 7.41. The van der Waals surface area contributed by atoms with Gasteiger partial charge in [-0.3, -0.25) is 0 Å². The third-order valence-corrected chi connectivity index (χ3v) is 3.04. The van der Waals surface area contributed by atoms with E-state index in [4.69, 9.17) is 30.4 Å². The highest BCUT2D eigenvalue weighted by molar-refractivity contribution is 5.74. The minimum Gasteiger partial charge on any atom is -0.425 e. The predicted octanol–water partition coefficient (Wildman–Crippen LogP) is 1.40. The Morgan fingerprint density at radius 1 is 0.654 bits per heavy atom. The number of nitrogens with two attached hydrogens (primary N) is 2. The van der Waals surface area contributed by atoms with Crippen LogP contribution in [0.15, 0.2) is 48.5 Å². The fourth-order valence-corrected chi connectivity index (χ4v) is 1.82. The minimum absolute atomic E-state index is 0.131. The van der Waals surface area contributed by atoms with Gasteiger partial charge >= 0.3 is 11.9 Å². The first-order chi connectivity index (χ1) is 12.5. The van der Waals surface area contributed by atoms with Crippen molar-refractivity contribution in [1.82, 2.24) is 0 Å². The highest BCUT2D eigenvalue weighted by atomic mass is 16.6. The molecule has 4 N–H and O–H groups in total. The molecule has 0 aliphatic heterocycles. The number of rotatable bonds is 9. The average Bonchev–Trinajstić information content (AvgIpc) is 2.62. The van der Waals surface area contributed by atoms with Crippen LogP contribution in [0.4, 0.5) is 11.4 Å². The van der Waals surface area contributed by atoms with Gasteiger partial charge in [0.05, 0.1) is 13.2 Å². The summed E-state index contributed by atoms with van der Waals surface area (Å²) in [6, 6.07) is 12.8. The van der Waals surface area contributed by atoms with Gasteiger partial charge in [0, 0.05) is 11.4 Å². The summed E-state index contributed by atoms with van der Waals surface area (Å²) in [7, 11) is 0. The lowest BCUT2D eigenvalue weighted by molar-refractivity contribution is -0.143. The standard InChI is InChI=1S/C18H20N2O6/c19-13-1-5-15(6-2-13)25-17(21)11-23-9-10-24-12-18(22)26-16-7-3-14(20)4-8-16/h1-8H,9-12,19-20H2. The van der Waals surface area contributed by atoms with Crippen LogP contribution in [0.3, 0.4) is 0 Å². The van der Waals surface area contributed by atoms with E-state index >= 15 is 0 Å². The second-order valence-corrected chi connectivity index (χ2v) is 5.19. The van der Waals surface area contributed by atoms with E-state index in [2.05, 4.69) is 0 Å². The van der Waals surface area contributed by atoms with Crippen molar-refractivity contribution < 1.29 is 28.5 Å². The van der Waals surface area contributed by atoms with Crippen LogP contribution in [0.25, 0.3) is 0 Å². The van der Waals surface area contributed by atoms with Crippen molar-refractivity contribution in [2.45, 2.75) is 0 Å². The topological polar surface area (TPSA) is 123 Å². The largest absolute Gasteiger partial charge is 0.425 e. The van der Waals surface area contributed by atoms with E-state index in [-0.39, 0.29) is 26.4 Å². The molecule has 0 atom stereocenters. The summed E-state index contributed by atoms with van der Waals surface area (Å²) < 4.78 is 20.3. The van der Waals surface area contributed by atoms with Gasteiger partial charge in [0.15, 0.2) is 0 Å². The number of carbonyl (C=O) groups is 2. The number of benzene rings is 2. The van der Waals surface area contributed by atoms with Crippen molar-refractivity contribution >= 4 is 23.3 Å². The molecule has 0 bridgehead atoms. The van der Waals surface area contributed by atoms with Crippen molar-refractivity contribution in [3.05, 3.63) is 48.5 Å². The molecule has 2 rings (SSSR count). The second kappa shape index (κ2) is 10.0. The smallest absolute Gasteiger partial charge is 0.337 e. The first-order valence-corrected chi connectivity index (χ1v) is 7.81. The zero-order chi connectivity index (χ0) is 18.8. The molecule has 0 aliphatic carbocycles. The second-order valence-electron chi connectivity index (χ2n) is 5.19. The minimum atomic E-state index is -0.544. The van der Waals surface area contributed by atoms with Gasteiger partial charge in [0.2, 0.25) is 0 Å². The Balaban J connectivity index is 1.53. The zero-order valence-corrected chi connectivity index (χ0v) is 14.1. The van der Waals surface area contributed by atoms with Gasteiger partial charge < -0.3 is 30.4 Å². The van der Waals surface area contributed by atoms with Gasteiger partial charge in [-0.25, -0.2) is 9.59 Å². The molecule has 0 aliphatic rings. The van der Waals surface area contributed by atoms with Crippen LogP contribution in [0, 0.1) is 0 Å². The highest BCUT2D eigenvalue weighted by Gasteiger charge is 2.07. The Morgan fingerprint density at radius 2 is 1.00 bits per heavy atom. The van der Waals surface area contributed by atoms with Gasteiger partial charge in [-0.15, -0.1) is 0 Å². The molecule has 0 radical (unpaired) electrons. The van der Waals surface area contributed by atoms with Gasteiger partial charge in [0.25, 0.3) is 0 Å². The molecular weight excluding hydrogens is 340 g/mol. The van der Waals surface area contributed by atoms with Crippen molar-refractivity contribution in [3.8, 4) is 11.5 Å². The number of anilines is 2. The average molecular weight is 360 g/mol. The van der Waals surface area contributed by atoms with Crippen molar-refractivity contribution in [2.24, 2.45) is 0 Å². The number of hydrogen-bond acceptors (Lipinski definition) is 8. The Morgan fingerprint density at radius 3 is 1.35 bits per heavy atom. The lowest BCUT2D eigenvalue weighted by Gasteiger charge is -2.07. The number of esters is 2. The molecule has 0 aromatic heterocycles. The van der Waals surface area contributed by atoms with E-state index in [0.29, 0.717) is 22.9 Å². The molecule has 2 aromatic rings. The molecule has 26 heavy (non-hydrogen) atoms. The monoisotopic (exact) mass is 360 g/mol. The molecule has 0 saturated carbocycles. The molecular formula is C18H20N2O6. The number of ether oxygens (including phenoxy) is 4. The number of carbonyl (C=O) groups excluding carboxylic acids is 2. The molecule has 0 saturated heterocycles. The summed E-state index contributed by atoms with van der Waals surface area (Å²) in [4.78, 5) is 23.1. The first-order valence-electron chi connectivity index (χ1n) is 7.81. The van der Waals surface area contributed by atoms with Crippen LogP contribution in [0.1, 0.15) is 0 Å². The lowest BCUT2D eigenvalue weighted by Crippen LogP contribution is -2.20. The van der Waals surface area contributed by atoms with E-state index in [9.17, 15) is 9.59 Å². The van der Waals surface area contributed by atoms with Crippen LogP contribution in [-0.4, -0.2) is 38.4 Å². The number of nitrogen functional groups attached to an aromatic ring is 2. The maximum atomic E-state index is 11.6. The van der Waals surface area contributed by atoms with Crippen molar-refractivity contribution in [2.75, 3.05) is 37.9 Å². The molecule has 0 spiro atoms. The molecule has 8 nitrogen and oxygen atoms in total. The van der Waals surface area contributed by atoms with E-state index < -0.39 is 11.9 Å². The van der Waals surface area contributed by atoms with E-state index in [0.717, 1.165) is 0 Å². The van der Waals surface area contributed by atoms with Crippen LogP contribution >= 0.6 is 0 Å². The maximum Gasteiger partial charge on any atom is 0.337 e. The Bertz CT molecular complexity index is 652. The van der Waals surface area contributed by atoms with Crippen molar-refractivity contribution in [3.63, 3.8) is 0 Å². The third kappa shape index (κ3) is 7.20. The molecule has 8 heteroatoms. The lowest BCUT2D eigenvalue weighted by atomic mass is 10.3. The molecule has 0 heterocycles. The fraction of sp³-hybridized carbons (Fsp3) is 0.222.